The molecule has 0 aliphatic heterocycles. The van der Waals surface area contributed by atoms with E-state index in [1.54, 1.807) is 0 Å². The van der Waals surface area contributed by atoms with Crippen molar-refractivity contribution >= 4 is 11.9 Å². The van der Waals surface area contributed by atoms with Crippen molar-refractivity contribution in [2.24, 2.45) is 0 Å². The highest BCUT2D eigenvalue weighted by molar-refractivity contribution is 5.89. The number of nitrogen functional groups attached to an aromatic ring is 1. The van der Waals surface area contributed by atoms with Gasteiger partial charge in [-0.3, -0.25) is 0 Å². The Morgan fingerprint density at radius 2 is 1.21 bits per heavy atom. The number of fused-ring (bicyclic) bond motifs is 3. The monoisotopic (exact) mass is 360 g/mol. The van der Waals surface area contributed by atoms with Crippen LogP contribution in [0.4, 0.5) is 5.69 Å². The first-order chi connectivity index (χ1) is 13.8. The van der Waals surface area contributed by atoms with Crippen LogP contribution in [-0.2, 0) is 5.41 Å². The van der Waals surface area contributed by atoms with E-state index in [1.165, 1.54) is 34.0 Å². The van der Waals surface area contributed by atoms with Crippen LogP contribution in [-0.4, -0.2) is 6.21 Å². The van der Waals surface area contributed by atoms with Crippen molar-refractivity contribution in [3.05, 3.63) is 125 Å². The molecule has 5 rings (SSSR count). The molecule has 28 heavy (non-hydrogen) atoms. The predicted octanol–water partition coefficient (Wildman–Crippen LogP) is 5.63. The van der Waals surface area contributed by atoms with E-state index in [2.05, 4.69) is 91.0 Å². The largest absolute Gasteiger partial charge is 0.398 e. The third-order valence-electron chi connectivity index (χ3n) is 5.83. The molecule has 0 spiro atoms. The Balaban J connectivity index is 1.96. The summed E-state index contributed by atoms with van der Waals surface area (Å²) in [4.78, 5) is 0. The molecule has 0 saturated carbocycles. The maximum atomic E-state index is 7.81. The van der Waals surface area contributed by atoms with Crippen LogP contribution in [0.25, 0.3) is 11.1 Å². The summed E-state index contributed by atoms with van der Waals surface area (Å²) in [6.45, 7) is 0. The van der Waals surface area contributed by atoms with Crippen LogP contribution in [0.3, 0.4) is 0 Å². The van der Waals surface area contributed by atoms with Gasteiger partial charge in [-0.15, -0.1) is 0 Å². The Morgan fingerprint density at radius 3 is 1.82 bits per heavy atom. The molecule has 4 aromatic carbocycles. The second kappa shape index (κ2) is 6.21. The first-order valence-corrected chi connectivity index (χ1v) is 9.42. The van der Waals surface area contributed by atoms with Crippen LogP contribution in [0, 0.1) is 5.41 Å². The minimum atomic E-state index is -0.431. The van der Waals surface area contributed by atoms with Crippen molar-refractivity contribution in [3.63, 3.8) is 0 Å². The number of hydrogen-bond acceptors (Lipinski definition) is 2. The third kappa shape index (κ3) is 2.12. The molecule has 1 aliphatic carbocycles. The molecule has 2 nitrogen and oxygen atoms in total. The molecule has 134 valence electrons. The maximum absolute atomic E-state index is 7.81. The van der Waals surface area contributed by atoms with Gasteiger partial charge in [-0.2, -0.15) is 0 Å². The molecule has 0 unspecified atom stereocenters. The summed E-state index contributed by atoms with van der Waals surface area (Å²) in [5.74, 6) is 0. The zero-order valence-corrected chi connectivity index (χ0v) is 15.4. The summed E-state index contributed by atoms with van der Waals surface area (Å²) in [7, 11) is 0. The molecule has 0 amide bonds. The van der Waals surface area contributed by atoms with Gasteiger partial charge in [-0.25, -0.2) is 0 Å². The van der Waals surface area contributed by atoms with Gasteiger partial charge in [0.05, 0.1) is 5.41 Å². The second-order valence-electron chi connectivity index (χ2n) is 7.20. The van der Waals surface area contributed by atoms with E-state index >= 15 is 0 Å². The minimum Gasteiger partial charge on any atom is -0.398 e. The fourth-order valence-corrected chi connectivity index (χ4v) is 4.64. The van der Waals surface area contributed by atoms with Gasteiger partial charge >= 0.3 is 0 Å². The van der Waals surface area contributed by atoms with Crippen molar-refractivity contribution in [2.75, 3.05) is 5.73 Å². The molecule has 3 N–H and O–H groups in total. The van der Waals surface area contributed by atoms with Gasteiger partial charge in [0, 0.05) is 17.5 Å². The molecule has 4 aromatic rings. The molecule has 0 fully saturated rings. The summed E-state index contributed by atoms with van der Waals surface area (Å²) in [6, 6.07) is 34.0. The fraction of sp³-hybridized carbons (Fsp3) is 0.0385. The molecule has 2 heteroatoms. The number of nitrogens with one attached hydrogen (secondary N) is 1. The van der Waals surface area contributed by atoms with Gasteiger partial charge in [-0.05, 0) is 45.5 Å². The lowest BCUT2D eigenvalue weighted by molar-refractivity contribution is 0.768. The van der Waals surface area contributed by atoms with Crippen molar-refractivity contribution in [2.45, 2.75) is 5.41 Å². The van der Waals surface area contributed by atoms with E-state index in [9.17, 15) is 0 Å². The van der Waals surface area contributed by atoms with Gasteiger partial charge < -0.3 is 11.1 Å². The van der Waals surface area contributed by atoms with Gasteiger partial charge in [0.25, 0.3) is 0 Å². The molecule has 0 bridgehead atoms. The normalized spacial score (nSPS) is 13.6. The lowest BCUT2D eigenvalue weighted by atomic mass is 9.67. The van der Waals surface area contributed by atoms with Crippen LogP contribution in [0.2, 0.25) is 0 Å². The van der Waals surface area contributed by atoms with Crippen molar-refractivity contribution in [1.29, 1.82) is 5.41 Å². The average molecular weight is 360 g/mol. The quantitative estimate of drug-likeness (QED) is 0.318. The molecule has 0 heterocycles. The van der Waals surface area contributed by atoms with Crippen molar-refractivity contribution in [3.8, 4) is 11.1 Å². The zero-order valence-electron chi connectivity index (χ0n) is 15.4. The summed E-state index contributed by atoms with van der Waals surface area (Å²) >= 11 is 0. The maximum Gasteiger partial charge on any atom is 0.0713 e. The number of hydrogen-bond donors (Lipinski definition) is 2. The van der Waals surface area contributed by atoms with E-state index in [0.717, 1.165) is 11.1 Å². The third-order valence-corrected chi connectivity index (χ3v) is 5.83. The predicted molar refractivity (Wildman–Crippen MR) is 116 cm³/mol. The standard InChI is InChI=1S/C26H20N2/c27-17-18-16-20(14-15-25(18)28)26(19-8-2-1-3-9-19)23-12-6-4-10-21(23)22-11-5-7-13-24(22)26/h1-17,27H,28H2. The Kier molecular flexibility index (Phi) is 3.66. The molecule has 0 saturated heterocycles. The summed E-state index contributed by atoms with van der Waals surface area (Å²) in [5.41, 5.74) is 14.5. The highest BCUT2D eigenvalue weighted by Crippen LogP contribution is 2.56. The first kappa shape index (κ1) is 16.5. The van der Waals surface area contributed by atoms with Gasteiger partial charge in [0.1, 0.15) is 0 Å². The number of benzene rings is 4. The molecule has 0 atom stereocenters. The number of nitrogens with two attached hydrogens (primary N) is 1. The van der Waals surface area contributed by atoms with Crippen LogP contribution in [0.5, 0.6) is 0 Å². The highest BCUT2D eigenvalue weighted by atomic mass is 14.6. The van der Waals surface area contributed by atoms with Crippen LogP contribution in [0.1, 0.15) is 27.8 Å². The zero-order chi connectivity index (χ0) is 19.1. The number of rotatable bonds is 3. The number of anilines is 1. The summed E-state index contributed by atoms with van der Waals surface area (Å²) < 4.78 is 0. The van der Waals surface area contributed by atoms with E-state index in [0.29, 0.717) is 5.69 Å². The van der Waals surface area contributed by atoms with Crippen LogP contribution >= 0.6 is 0 Å². The Bertz CT molecular complexity index is 1150. The van der Waals surface area contributed by atoms with Crippen LogP contribution < -0.4 is 5.73 Å². The van der Waals surface area contributed by atoms with E-state index in [-0.39, 0.29) is 0 Å². The van der Waals surface area contributed by atoms with Gasteiger partial charge in [0.15, 0.2) is 0 Å². The lowest BCUT2D eigenvalue weighted by Crippen LogP contribution is -2.28. The Morgan fingerprint density at radius 1 is 0.643 bits per heavy atom. The first-order valence-electron chi connectivity index (χ1n) is 9.42. The minimum absolute atomic E-state index is 0.431. The summed E-state index contributed by atoms with van der Waals surface area (Å²) in [5, 5.41) is 7.81. The Labute approximate surface area is 164 Å². The van der Waals surface area contributed by atoms with Crippen molar-refractivity contribution < 1.29 is 0 Å². The molecule has 0 radical (unpaired) electrons. The van der Waals surface area contributed by atoms with E-state index < -0.39 is 5.41 Å². The highest BCUT2D eigenvalue weighted by Gasteiger charge is 2.45. The van der Waals surface area contributed by atoms with Crippen LogP contribution in [0.15, 0.2) is 97.1 Å². The molecule has 0 aromatic heterocycles. The summed E-state index contributed by atoms with van der Waals surface area (Å²) in [6.07, 6.45) is 1.34. The van der Waals surface area contributed by atoms with Crippen molar-refractivity contribution in [1.82, 2.24) is 0 Å². The smallest absolute Gasteiger partial charge is 0.0713 e. The SMILES string of the molecule is N=Cc1cc(C2(c3ccccc3)c3ccccc3-c3ccccc32)ccc1N. The van der Waals surface area contributed by atoms with Gasteiger partial charge in [0.2, 0.25) is 0 Å². The molecular weight excluding hydrogens is 340 g/mol. The lowest BCUT2D eigenvalue weighted by Gasteiger charge is -2.34. The van der Waals surface area contributed by atoms with Gasteiger partial charge in [-0.1, -0.05) is 84.9 Å². The van der Waals surface area contributed by atoms with E-state index in [4.69, 9.17) is 11.1 Å². The molecular formula is C26H20N2. The fourth-order valence-electron chi connectivity index (χ4n) is 4.64. The topological polar surface area (TPSA) is 49.9 Å². The molecule has 1 aliphatic rings. The second-order valence-corrected chi connectivity index (χ2v) is 7.20. The Hall–Kier alpha value is -3.65. The average Bonchev–Trinajstić information content (AvgIpc) is 3.06. The van der Waals surface area contributed by atoms with E-state index in [1.807, 2.05) is 6.07 Å².